The lowest BCUT2D eigenvalue weighted by atomic mass is 10.1. The Balaban J connectivity index is 0.00000161. The van der Waals surface area contributed by atoms with Gasteiger partial charge in [-0.3, -0.25) is 4.79 Å². The first kappa shape index (κ1) is 15.9. The van der Waals surface area contributed by atoms with E-state index in [0.29, 0.717) is 11.7 Å². The molecule has 1 aromatic heterocycles. The number of carbonyl (C=O) groups is 1. The van der Waals surface area contributed by atoms with Crippen molar-refractivity contribution < 1.29 is 4.79 Å². The Morgan fingerprint density at radius 2 is 2.10 bits per heavy atom. The molecule has 5 heteroatoms. The summed E-state index contributed by atoms with van der Waals surface area (Å²) in [6.07, 6.45) is 0. The van der Waals surface area contributed by atoms with Gasteiger partial charge in [0.1, 0.15) is 5.69 Å². The van der Waals surface area contributed by atoms with Crippen molar-refractivity contribution >= 4 is 29.2 Å². The topological polar surface area (TPSA) is 48.1 Å². The monoisotopic (exact) mass is 307 g/mol. The summed E-state index contributed by atoms with van der Waals surface area (Å²) in [6.45, 7) is 8.72. The van der Waals surface area contributed by atoms with Crippen LogP contribution in [0.1, 0.15) is 28.5 Å². The first-order valence-corrected chi connectivity index (χ1v) is 7.18. The molecular formula is C16H22ClN3O. The molecule has 2 aromatic rings. The quantitative estimate of drug-likeness (QED) is 0.851. The van der Waals surface area contributed by atoms with E-state index in [-0.39, 0.29) is 18.3 Å². The number of nitrogens with zero attached hydrogens (tertiary/aromatic N) is 1. The third-order valence-corrected chi connectivity index (χ3v) is 4.23. The van der Waals surface area contributed by atoms with Crippen molar-refractivity contribution in [3.63, 3.8) is 0 Å². The van der Waals surface area contributed by atoms with Crippen LogP contribution in [0, 0.1) is 13.8 Å². The number of fused-ring (bicyclic) bond motifs is 1. The van der Waals surface area contributed by atoms with Gasteiger partial charge in [-0.25, -0.2) is 0 Å². The first-order chi connectivity index (χ1) is 9.56. The minimum absolute atomic E-state index is 0. The highest BCUT2D eigenvalue weighted by molar-refractivity contribution is 5.99. The summed E-state index contributed by atoms with van der Waals surface area (Å²) in [5.74, 6) is 0.103. The number of halogens is 1. The molecule has 1 saturated heterocycles. The largest absolute Gasteiger partial charge is 0.351 e. The maximum absolute atomic E-state index is 12.6. The summed E-state index contributed by atoms with van der Waals surface area (Å²) in [6, 6.07) is 6.50. The molecule has 1 aliphatic heterocycles. The maximum Gasteiger partial charge on any atom is 0.270 e. The van der Waals surface area contributed by atoms with Crippen LogP contribution >= 0.6 is 12.4 Å². The molecule has 0 aliphatic carbocycles. The zero-order valence-electron chi connectivity index (χ0n) is 12.7. The molecule has 1 fully saturated rings. The van der Waals surface area contributed by atoms with Crippen LogP contribution in [0.15, 0.2) is 18.2 Å². The van der Waals surface area contributed by atoms with Gasteiger partial charge in [-0.2, -0.15) is 0 Å². The number of piperazine rings is 1. The van der Waals surface area contributed by atoms with Gasteiger partial charge in [0, 0.05) is 36.6 Å². The van der Waals surface area contributed by atoms with Gasteiger partial charge in [-0.1, -0.05) is 6.07 Å². The summed E-state index contributed by atoms with van der Waals surface area (Å²) in [5, 5.41) is 4.51. The Morgan fingerprint density at radius 1 is 1.33 bits per heavy atom. The van der Waals surface area contributed by atoms with Crippen LogP contribution in [0.4, 0.5) is 0 Å². The Labute approximate surface area is 131 Å². The summed E-state index contributed by atoms with van der Waals surface area (Å²) in [4.78, 5) is 17.8. The smallest absolute Gasteiger partial charge is 0.270 e. The van der Waals surface area contributed by atoms with Crippen LogP contribution in [-0.4, -0.2) is 41.5 Å². The molecule has 3 rings (SSSR count). The van der Waals surface area contributed by atoms with Gasteiger partial charge in [-0.05, 0) is 44.0 Å². The molecule has 1 aliphatic rings. The van der Waals surface area contributed by atoms with E-state index < -0.39 is 0 Å². The van der Waals surface area contributed by atoms with Crippen molar-refractivity contribution in [3.8, 4) is 0 Å². The molecule has 0 saturated carbocycles. The predicted molar refractivity (Wildman–Crippen MR) is 88.4 cm³/mol. The fraction of sp³-hybridized carbons (Fsp3) is 0.438. The Morgan fingerprint density at radius 3 is 2.81 bits per heavy atom. The number of hydrogen-bond acceptors (Lipinski definition) is 2. The zero-order chi connectivity index (χ0) is 14.3. The highest BCUT2D eigenvalue weighted by atomic mass is 35.5. The van der Waals surface area contributed by atoms with E-state index in [4.69, 9.17) is 0 Å². The van der Waals surface area contributed by atoms with Crippen molar-refractivity contribution in [3.05, 3.63) is 35.0 Å². The number of aromatic nitrogens is 1. The summed E-state index contributed by atoms with van der Waals surface area (Å²) >= 11 is 0. The van der Waals surface area contributed by atoms with Crippen LogP contribution < -0.4 is 5.32 Å². The van der Waals surface area contributed by atoms with Crippen LogP contribution in [0.3, 0.4) is 0 Å². The molecule has 21 heavy (non-hydrogen) atoms. The van der Waals surface area contributed by atoms with Gasteiger partial charge in [0.2, 0.25) is 0 Å². The fourth-order valence-electron chi connectivity index (χ4n) is 2.86. The minimum Gasteiger partial charge on any atom is -0.351 e. The van der Waals surface area contributed by atoms with Gasteiger partial charge in [0.25, 0.3) is 5.91 Å². The highest BCUT2D eigenvalue weighted by Crippen LogP contribution is 2.23. The third-order valence-electron chi connectivity index (χ3n) is 4.23. The van der Waals surface area contributed by atoms with Crippen molar-refractivity contribution in [2.24, 2.45) is 0 Å². The van der Waals surface area contributed by atoms with Gasteiger partial charge in [0.15, 0.2) is 0 Å². The van der Waals surface area contributed by atoms with Gasteiger partial charge in [-0.15, -0.1) is 12.4 Å². The molecule has 1 amide bonds. The molecule has 0 spiro atoms. The van der Waals surface area contributed by atoms with Crippen molar-refractivity contribution in [1.29, 1.82) is 0 Å². The highest BCUT2D eigenvalue weighted by Gasteiger charge is 2.23. The Kier molecular flexibility index (Phi) is 4.59. The van der Waals surface area contributed by atoms with Crippen molar-refractivity contribution in [2.45, 2.75) is 26.8 Å². The Hall–Kier alpha value is -1.52. The second kappa shape index (κ2) is 6.08. The standard InChI is InChI=1S/C16H21N3O.ClH/c1-10-4-5-14-13(12(10)3)8-15(18-14)16(20)19-7-6-17-11(2)9-19;/h4-5,8,11,17-18H,6-7,9H2,1-3H3;1H/t11-;/m1./s1. The average molecular weight is 308 g/mol. The second-order valence-corrected chi connectivity index (χ2v) is 5.76. The molecule has 114 valence electrons. The summed E-state index contributed by atoms with van der Waals surface area (Å²) in [7, 11) is 0. The summed E-state index contributed by atoms with van der Waals surface area (Å²) < 4.78 is 0. The van der Waals surface area contributed by atoms with E-state index in [2.05, 4.69) is 43.2 Å². The lowest BCUT2D eigenvalue weighted by Crippen LogP contribution is -2.51. The van der Waals surface area contributed by atoms with Crippen LogP contribution in [-0.2, 0) is 0 Å². The van der Waals surface area contributed by atoms with Gasteiger partial charge < -0.3 is 15.2 Å². The number of aromatic amines is 1. The predicted octanol–water partition coefficient (Wildman–Crippen LogP) is 2.64. The maximum atomic E-state index is 12.6. The first-order valence-electron chi connectivity index (χ1n) is 7.18. The molecule has 1 atom stereocenters. The van der Waals surface area contributed by atoms with E-state index in [0.717, 1.165) is 30.5 Å². The lowest BCUT2D eigenvalue weighted by Gasteiger charge is -2.31. The fourth-order valence-corrected chi connectivity index (χ4v) is 2.86. The molecule has 1 aromatic carbocycles. The van der Waals surface area contributed by atoms with E-state index in [1.165, 1.54) is 11.1 Å². The average Bonchev–Trinajstić information content (AvgIpc) is 2.87. The second-order valence-electron chi connectivity index (χ2n) is 5.76. The van der Waals surface area contributed by atoms with E-state index in [1.807, 2.05) is 11.0 Å². The molecule has 2 heterocycles. The molecule has 0 radical (unpaired) electrons. The molecular weight excluding hydrogens is 286 g/mol. The lowest BCUT2D eigenvalue weighted by molar-refractivity contribution is 0.0704. The zero-order valence-corrected chi connectivity index (χ0v) is 13.5. The van der Waals surface area contributed by atoms with Crippen LogP contribution in [0.5, 0.6) is 0 Å². The van der Waals surface area contributed by atoms with Crippen LogP contribution in [0.2, 0.25) is 0 Å². The van der Waals surface area contributed by atoms with Crippen molar-refractivity contribution in [1.82, 2.24) is 15.2 Å². The van der Waals surface area contributed by atoms with Gasteiger partial charge >= 0.3 is 0 Å². The molecule has 4 nitrogen and oxygen atoms in total. The van der Waals surface area contributed by atoms with E-state index in [9.17, 15) is 4.79 Å². The van der Waals surface area contributed by atoms with E-state index >= 15 is 0 Å². The number of carbonyl (C=O) groups excluding carboxylic acids is 1. The SMILES string of the molecule is Cc1ccc2[nH]c(C(=O)N3CCN[C@H](C)C3)cc2c1C.Cl. The van der Waals surface area contributed by atoms with Gasteiger partial charge in [0.05, 0.1) is 0 Å². The number of rotatable bonds is 1. The number of aryl methyl sites for hydroxylation is 2. The normalized spacial score (nSPS) is 18.6. The van der Waals surface area contributed by atoms with E-state index in [1.54, 1.807) is 0 Å². The van der Waals surface area contributed by atoms with Crippen LogP contribution in [0.25, 0.3) is 10.9 Å². The number of hydrogen-bond donors (Lipinski definition) is 2. The third kappa shape index (κ3) is 2.92. The number of H-pyrrole nitrogens is 1. The molecule has 0 unspecified atom stereocenters. The number of nitrogens with one attached hydrogen (secondary N) is 2. The number of amides is 1. The number of benzene rings is 1. The van der Waals surface area contributed by atoms with Crippen molar-refractivity contribution in [2.75, 3.05) is 19.6 Å². The minimum atomic E-state index is 0. The molecule has 2 N–H and O–H groups in total. The molecule has 0 bridgehead atoms. The Bertz CT molecular complexity index is 665. The summed E-state index contributed by atoms with van der Waals surface area (Å²) in [5.41, 5.74) is 4.24.